The SMILES string of the molecule is COc1ccc2c(c1)[Te]C(C)=CC2(O)c1ccccc1. The third kappa shape index (κ3) is 2.27. The average molecular weight is 380 g/mol. The first-order valence-electron chi connectivity index (χ1n) is 6.47. The summed E-state index contributed by atoms with van der Waals surface area (Å²) in [5.74, 6) is 0.860. The van der Waals surface area contributed by atoms with Crippen LogP contribution in [0.3, 0.4) is 0 Å². The normalized spacial score (nSPS) is 21.1. The van der Waals surface area contributed by atoms with Gasteiger partial charge in [0.25, 0.3) is 0 Å². The molecular formula is C17H16O2Te. The number of fused-ring (bicyclic) bond motifs is 1. The van der Waals surface area contributed by atoms with Crippen LogP contribution in [0.1, 0.15) is 18.1 Å². The number of ether oxygens (including phenoxy) is 1. The predicted octanol–water partition coefficient (Wildman–Crippen LogP) is 2.18. The molecule has 102 valence electrons. The topological polar surface area (TPSA) is 29.5 Å². The van der Waals surface area contributed by atoms with Crippen molar-refractivity contribution in [3.63, 3.8) is 0 Å². The first kappa shape index (κ1) is 13.7. The van der Waals surface area contributed by atoms with E-state index in [1.807, 2.05) is 48.5 Å². The molecule has 1 aliphatic heterocycles. The molecule has 1 aliphatic rings. The van der Waals surface area contributed by atoms with Gasteiger partial charge in [0.1, 0.15) is 0 Å². The van der Waals surface area contributed by atoms with Crippen LogP contribution >= 0.6 is 0 Å². The van der Waals surface area contributed by atoms with E-state index in [-0.39, 0.29) is 0 Å². The van der Waals surface area contributed by atoms with E-state index in [0.29, 0.717) is 0 Å². The summed E-state index contributed by atoms with van der Waals surface area (Å²) in [4.78, 5) is 0. The number of allylic oxidation sites excluding steroid dienone is 1. The summed E-state index contributed by atoms with van der Waals surface area (Å²) < 4.78 is 7.85. The molecule has 0 amide bonds. The number of rotatable bonds is 2. The number of hydrogen-bond donors (Lipinski definition) is 1. The molecule has 0 aromatic heterocycles. The molecule has 2 aromatic carbocycles. The van der Waals surface area contributed by atoms with Crippen LogP contribution in [0.4, 0.5) is 0 Å². The van der Waals surface area contributed by atoms with Crippen molar-refractivity contribution in [1.82, 2.24) is 0 Å². The Morgan fingerprint density at radius 3 is 2.55 bits per heavy atom. The number of benzene rings is 2. The Hall–Kier alpha value is -1.27. The van der Waals surface area contributed by atoms with Gasteiger partial charge in [0, 0.05) is 0 Å². The summed E-state index contributed by atoms with van der Waals surface area (Å²) >= 11 is -0.416. The summed E-state index contributed by atoms with van der Waals surface area (Å²) in [6.45, 7) is 2.11. The molecule has 3 heteroatoms. The molecular weight excluding hydrogens is 364 g/mol. The van der Waals surface area contributed by atoms with Crippen LogP contribution in [0.15, 0.2) is 58.2 Å². The van der Waals surface area contributed by atoms with E-state index in [0.717, 1.165) is 16.9 Å². The predicted molar refractivity (Wildman–Crippen MR) is 81.6 cm³/mol. The first-order chi connectivity index (χ1) is 9.63. The number of hydrogen-bond acceptors (Lipinski definition) is 2. The van der Waals surface area contributed by atoms with E-state index in [2.05, 4.69) is 13.0 Å². The van der Waals surface area contributed by atoms with E-state index in [9.17, 15) is 5.11 Å². The Balaban J connectivity index is 2.19. The Bertz CT molecular complexity index is 664. The van der Waals surface area contributed by atoms with Crippen LogP contribution in [0.25, 0.3) is 0 Å². The van der Waals surface area contributed by atoms with E-state index in [4.69, 9.17) is 4.74 Å². The molecule has 0 spiro atoms. The summed E-state index contributed by atoms with van der Waals surface area (Å²) in [6.07, 6.45) is 2.01. The molecule has 1 atom stereocenters. The van der Waals surface area contributed by atoms with E-state index >= 15 is 0 Å². The van der Waals surface area contributed by atoms with E-state index in [1.165, 1.54) is 7.23 Å². The van der Waals surface area contributed by atoms with Crippen molar-refractivity contribution in [2.75, 3.05) is 7.11 Å². The van der Waals surface area contributed by atoms with Crippen molar-refractivity contribution in [3.8, 4) is 5.75 Å². The summed E-state index contributed by atoms with van der Waals surface area (Å²) in [7, 11) is 1.68. The molecule has 0 bridgehead atoms. The quantitative estimate of drug-likeness (QED) is 0.810. The molecule has 2 aromatic rings. The van der Waals surface area contributed by atoms with E-state index < -0.39 is 26.5 Å². The minimum absolute atomic E-state index is 0.416. The molecule has 3 rings (SSSR count). The summed E-state index contributed by atoms with van der Waals surface area (Å²) in [5.41, 5.74) is 0.895. The fourth-order valence-electron chi connectivity index (χ4n) is 2.53. The summed E-state index contributed by atoms with van der Waals surface area (Å²) in [6, 6.07) is 15.8. The molecule has 0 radical (unpaired) electrons. The fraction of sp³-hybridized carbons (Fsp3) is 0.176. The number of aliphatic hydroxyl groups is 1. The monoisotopic (exact) mass is 382 g/mol. The standard InChI is InChI=1S/C17H16O2Te/c1-12-11-17(18,13-6-4-3-5-7-13)15-9-8-14(19-2)10-16(15)20-12/h3-11,18H,1-2H3. The van der Waals surface area contributed by atoms with Crippen molar-refractivity contribution in [2.24, 2.45) is 0 Å². The zero-order valence-electron chi connectivity index (χ0n) is 11.5. The molecule has 1 unspecified atom stereocenters. The van der Waals surface area contributed by atoms with Gasteiger partial charge in [-0.05, 0) is 0 Å². The van der Waals surface area contributed by atoms with Crippen molar-refractivity contribution in [2.45, 2.75) is 12.5 Å². The fourth-order valence-corrected chi connectivity index (χ4v) is 5.63. The van der Waals surface area contributed by atoms with Crippen LogP contribution in [0.5, 0.6) is 5.75 Å². The zero-order chi connectivity index (χ0) is 14.2. The van der Waals surface area contributed by atoms with Gasteiger partial charge < -0.3 is 0 Å². The van der Waals surface area contributed by atoms with Crippen LogP contribution in [-0.4, -0.2) is 33.1 Å². The zero-order valence-corrected chi connectivity index (χ0v) is 13.8. The third-order valence-electron chi connectivity index (χ3n) is 3.50. The second-order valence-electron chi connectivity index (χ2n) is 4.85. The van der Waals surface area contributed by atoms with Crippen LogP contribution in [-0.2, 0) is 5.60 Å². The van der Waals surface area contributed by atoms with Crippen molar-refractivity contribution in [3.05, 3.63) is 69.4 Å². The van der Waals surface area contributed by atoms with Gasteiger partial charge in [-0.1, -0.05) is 0 Å². The van der Waals surface area contributed by atoms with Gasteiger partial charge in [0.15, 0.2) is 0 Å². The molecule has 0 saturated carbocycles. The summed E-state index contributed by atoms with van der Waals surface area (Å²) in [5, 5.41) is 11.2. The van der Waals surface area contributed by atoms with Crippen LogP contribution < -0.4 is 8.35 Å². The van der Waals surface area contributed by atoms with E-state index in [1.54, 1.807) is 7.11 Å². The van der Waals surface area contributed by atoms with Gasteiger partial charge in [0.2, 0.25) is 0 Å². The van der Waals surface area contributed by atoms with Crippen molar-refractivity contribution < 1.29 is 9.84 Å². The van der Waals surface area contributed by atoms with Crippen LogP contribution in [0, 0.1) is 0 Å². The maximum atomic E-state index is 11.2. The molecule has 0 fully saturated rings. The molecule has 1 heterocycles. The first-order valence-corrected chi connectivity index (χ1v) is 8.80. The Labute approximate surface area is 129 Å². The number of methoxy groups -OCH3 is 1. The molecule has 1 N–H and O–H groups in total. The second-order valence-corrected chi connectivity index (χ2v) is 8.53. The van der Waals surface area contributed by atoms with Crippen LogP contribution in [0.2, 0.25) is 0 Å². The van der Waals surface area contributed by atoms with Gasteiger partial charge in [-0.2, -0.15) is 0 Å². The molecule has 0 saturated heterocycles. The van der Waals surface area contributed by atoms with Gasteiger partial charge in [0.05, 0.1) is 0 Å². The molecule has 20 heavy (non-hydrogen) atoms. The van der Waals surface area contributed by atoms with Crippen molar-refractivity contribution in [1.29, 1.82) is 0 Å². The molecule has 0 aliphatic carbocycles. The van der Waals surface area contributed by atoms with Gasteiger partial charge in [-0.3, -0.25) is 0 Å². The third-order valence-corrected chi connectivity index (χ3v) is 6.34. The maximum absolute atomic E-state index is 11.2. The minimum atomic E-state index is -1.02. The molecule has 2 nitrogen and oxygen atoms in total. The van der Waals surface area contributed by atoms with Gasteiger partial charge in [-0.25, -0.2) is 0 Å². The van der Waals surface area contributed by atoms with Crippen molar-refractivity contribution >= 4 is 24.5 Å². The van der Waals surface area contributed by atoms with Gasteiger partial charge in [-0.15, -0.1) is 0 Å². The Kier molecular flexibility index (Phi) is 3.60. The Morgan fingerprint density at radius 1 is 1.10 bits per heavy atom. The average Bonchev–Trinajstić information content (AvgIpc) is 2.47. The van der Waals surface area contributed by atoms with Gasteiger partial charge >= 0.3 is 129 Å². The Morgan fingerprint density at radius 2 is 1.85 bits per heavy atom. The second kappa shape index (κ2) is 5.25.